The molecule has 1 amide bonds. The van der Waals surface area contributed by atoms with E-state index in [1.807, 2.05) is 6.08 Å². The van der Waals surface area contributed by atoms with Crippen molar-refractivity contribution in [2.24, 2.45) is 5.73 Å². The highest BCUT2D eigenvalue weighted by molar-refractivity contribution is 7.47. The number of amides is 1. The zero-order chi connectivity index (χ0) is 38.9. The van der Waals surface area contributed by atoms with Gasteiger partial charge in [-0.2, -0.15) is 0 Å². The summed E-state index contributed by atoms with van der Waals surface area (Å²) in [4.78, 5) is 22.7. The third-order valence-electron chi connectivity index (χ3n) is 9.35. The minimum atomic E-state index is -4.35. The van der Waals surface area contributed by atoms with Gasteiger partial charge in [-0.1, -0.05) is 165 Å². The number of unbranched alkanes of at least 4 members (excludes halogenated alkanes) is 22. The van der Waals surface area contributed by atoms with E-state index in [0.29, 0.717) is 6.42 Å². The zero-order valence-electron chi connectivity index (χ0n) is 34.2. The number of nitrogens with one attached hydrogen (secondary N) is 1. The van der Waals surface area contributed by atoms with Crippen LogP contribution in [0, 0.1) is 0 Å². The highest BCUT2D eigenvalue weighted by Gasteiger charge is 2.26. The molecular formula is C44H83N2O6P. The molecule has 0 bridgehead atoms. The summed E-state index contributed by atoms with van der Waals surface area (Å²) in [5.74, 6) is -0.214. The predicted octanol–water partition coefficient (Wildman–Crippen LogP) is 12.1. The van der Waals surface area contributed by atoms with Crippen molar-refractivity contribution in [3.63, 3.8) is 0 Å². The molecule has 0 fully saturated rings. The first-order valence-electron chi connectivity index (χ1n) is 21.8. The van der Waals surface area contributed by atoms with Gasteiger partial charge in [-0.3, -0.25) is 13.8 Å². The number of nitrogens with two attached hydrogens (primary N) is 1. The Labute approximate surface area is 326 Å². The van der Waals surface area contributed by atoms with Crippen molar-refractivity contribution < 1.29 is 28.4 Å². The molecule has 3 unspecified atom stereocenters. The second kappa shape index (κ2) is 40.1. The monoisotopic (exact) mass is 767 g/mol. The standard InChI is InChI=1S/C44H83N2O6P/c1-3-5-7-9-11-13-15-17-19-21-23-25-27-29-31-33-35-37-43(47)42(41-52-53(49,50)51-40-39-45)46-44(48)38-36-34-32-30-28-26-24-22-20-18-16-14-12-10-8-6-4-2/h18-21,27,29,35,37,42-43,47H,3-17,22-26,28,30-34,36,38-41,45H2,1-2H3,(H,46,48)(H,49,50)/b20-18-,21-19+,29-27+,37-35+. The van der Waals surface area contributed by atoms with Crippen LogP contribution in [0.5, 0.6) is 0 Å². The fraction of sp³-hybridized carbons (Fsp3) is 0.795. The fourth-order valence-electron chi connectivity index (χ4n) is 6.04. The molecule has 0 aromatic carbocycles. The van der Waals surface area contributed by atoms with Gasteiger partial charge in [-0.05, 0) is 70.6 Å². The average molecular weight is 767 g/mol. The third-order valence-corrected chi connectivity index (χ3v) is 10.3. The van der Waals surface area contributed by atoms with E-state index in [9.17, 15) is 19.4 Å². The van der Waals surface area contributed by atoms with Crippen molar-refractivity contribution in [3.8, 4) is 0 Å². The summed E-state index contributed by atoms with van der Waals surface area (Å²) in [6.07, 6.45) is 48.7. The Hall–Kier alpha value is -1.54. The van der Waals surface area contributed by atoms with Crippen LogP contribution in [0.2, 0.25) is 0 Å². The van der Waals surface area contributed by atoms with E-state index >= 15 is 0 Å². The van der Waals surface area contributed by atoms with Gasteiger partial charge in [0.2, 0.25) is 5.91 Å². The van der Waals surface area contributed by atoms with Gasteiger partial charge in [0.1, 0.15) is 0 Å². The molecule has 0 rings (SSSR count). The molecule has 0 spiro atoms. The Kier molecular flexibility index (Phi) is 39.0. The van der Waals surface area contributed by atoms with Crippen molar-refractivity contribution in [2.45, 2.75) is 206 Å². The summed E-state index contributed by atoms with van der Waals surface area (Å²) < 4.78 is 22.1. The van der Waals surface area contributed by atoms with Gasteiger partial charge in [-0.25, -0.2) is 4.57 Å². The number of allylic oxidation sites excluding steroid dienone is 7. The minimum absolute atomic E-state index is 0.0700. The molecule has 0 heterocycles. The molecule has 0 radical (unpaired) electrons. The molecule has 0 aliphatic rings. The van der Waals surface area contributed by atoms with E-state index in [1.165, 1.54) is 128 Å². The van der Waals surface area contributed by atoms with Crippen LogP contribution in [0.3, 0.4) is 0 Å². The van der Waals surface area contributed by atoms with Crippen LogP contribution in [0.25, 0.3) is 0 Å². The number of hydrogen-bond acceptors (Lipinski definition) is 6. The highest BCUT2D eigenvalue weighted by atomic mass is 31.2. The SMILES string of the molecule is CCCCCCCC/C=C\CCCCCCCCCC(=O)NC(COP(=O)(O)OCCN)C(O)/C=C/CC/C=C/CC/C=C/CCCCCCCCC. The van der Waals surface area contributed by atoms with Gasteiger partial charge in [0.25, 0.3) is 0 Å². The van der Waals surface area contributed by atoms with Crippen molar-refractivity contribution in [1.29, 1.82) is 0 Å². The van der Waals surface area contributed by atoms with Gasteiger partial charge in [0.05, 0.1) is 25.4 Å². The Morgan fingerprint density at radius 3 is 1.45 bits per heavy atom. The molecule has 0 aliphatic heterocycles. The number of phosphoric acid groups is 1. The lowest BCUT2D eigenvalue weighted by Gasteiger charge is -2.23. The molecule has 9 heteroatoms. The maximum absolute atomic E-state index is 12.7. The van der Waals surface area contributed by atoms with E-state index in [-0.39, 0.29) is 25.7 Å². The largest absolute Gasteiger partial charge is 0.472 e. The number of rotatable bonds is 40. The van der Waals surface area contributed by atoms with Crippen LogP contribution < -0.4 is 11.1 Å². The quantitative estimate of drug-likeness (QED) is 0.0277. The first-order chi connectivity index (χ1) is 25.9. The van der Waals surface area contributed by atoms with Crippen molar-refractivity contribution >= 4 is 13.7 Å². The van der Waals surface area contributed by atoms with Crippen LogP contribution in [0.1, 0.15) is 194 Å². The van der Waals surface area contributed by atoms with Crippen molar-refractivity contribution in [1.82, 2.24) is 5.32 Å². The molecule has 5 N–H and O–H groups in total. The predicted molar refractivity (Wildman–Crippen MR) is 226 cm³/mol. The molecular weight excluding hydrogens is 683 g/mol. The van der Waals surface area contributed by atoms with Gasteiger partial charge < -0.3 is 21.1 Å². The smallest absolute Gasteiger partial charge is 0.387 e. The fourth-order valence-corrected chi connectivity index (χ4v) is 6.80. The number of phosphoric ester groups is 1. The Balaban J connectivity index is 4.31. The van der Waals surface area contributed by atoms with Crippen LogP contribution in [-0.2, 0) is 18.4 Å². The number of aliphatic hydroxyl groups excluding tert-OH is 1. The Bertz CT molecular complexity index is 970. The first kappa shape index (κ1) is 51.5. The second-order valence-corrected chi connectivity index (χ2v) is 16.0. The molecule has 310 valence electrons. The van der Waals surface area contributed by atoms with E-state index in [4.69, 9.17) is 14.8 Å². The molecule has 0 aliphatic carbocycles. The highest BCUT2D eigenvalue weighted by Crippen LogP contribution is 2.43. The maximum Gasteiger partial charge on any atom is 0.472 e. The molecule has 0 saturated carbocycles. The van der Waals surface area contributed by atoms with Crippen LogP contribution in [-0.4, -0.2) is 47.8 Å². The normalized spacial score (nSPS) is 14.6. The van der Waals surface area contributed by atoms with Gasteiger partial charge >= 0.3 is 7.82 Å². The van der Waals surface area contributed by atoms with E-state index < -0.39 is 20.0 Å². The van der Waals surface area contributed by atoms with Crippen molar-refractivity contribution in [3.05, 3.63) is 48.6 Å². The molecule has 0 aromatic rings. The molecule has 0 saturated heterocycles. The summed E-state index contributed by atoms with van der Waals surface area (Å²) in [6.45, 7) is 4.09. The second-order valence-electron chi connectivity index (χ2n) is 14.5. The summed E-state index contributed by atoms with van der Waals surface area (Å²) in [5, 5.41) is 13.6. The van der Waals surface area contributed by atoms with Gasteiger partial charge in [-0.15, -0.1) is 0 Å². The van der Waals surface area contributed by atoms with E-state index in [1.54, 1.807) is 6.08 Å². The summed E-state index contributed by atoms with van der Waals surface area (Å²) >= 11 is 0. The van der Waals surface area contributed by atoms with Crippen LogP contribution >= 0.6 is 7.82 Å². The minimum Gasteiger partial charge on any atom is -0.387 e. The average Bonchev–Trinajstić information content (AvgIpc) is 3.14. The molecule has 8 nitrogen and oxygen atoms in total. The summed E-state index contributed by atoms with van der Waals surface area (Å²) in [6, 6.07) is -0.885. The Morgan fingerprint density at radius 1 is 0.604 bits per heavy atom. The van der Waals surface area contributed by atoms with Crippen molar-refractivity contribution in [2.75, 3.05) is 19.8 Å². The number of carbonyl (C=O) groups is 1. The lowest BCUT2D eigenvalue weighted by molar-refractivity contribution is -0.123. The summed E-state index contributed by atoms with van der Waals surface area (Å²) in [7, 11) is -4.35. The third kappa shape index (κ3) is 38.5. The number of carbonyl (C=O) groups excluding carboxylic acids is 1. The summed E-state index contributed by atoms with van der Waals surface area (Å²) in [5.41, 5.74) is 5.37. The van der Waals surface area contributed by atoms with Gasteiger partial charge in [0.15, 0.2) is 0 Å². The lowest BCUT2D eigenvalue weighted by atomic mass is 10.1. The van der Waals surface area contributed by atoms with E-state index in [0.717, 1.165) is 44.9 Å². The topological polar surface area (TPSA) is 131 Å². The first-order valence-corrected chi connectivity index (χ1v) is 23.3. The Morgan fingerprint density at radius 2 is 1.00 bits per heavy atom. The van der Waals surface area contributed by atoms with E-state index in [2.05, 4.69) is 55.6 Å². The molecule has 53 heavy (non-hydrogen) atoms. The van der Waals surface area contributed by atoms with Crippen LogP contribution in [0.4, 0.5) is 0 Å². The molecule has 3 atom stereocenters. The number of aliphatic hydroxyl groups is 1. The zero-order valence-corrected chi connectivity index (χ0v) is 35.1. The maximum atomic E-state index is 12.7. The number of hydrogen-bond donors (Lipinski definition) is 4. The van der Waals surface area contributed by atoms with Gasteiger partial charge in [0, 0.05) is 13.0 Å². The van der Waals surface area contributed by atoms with Crippen LogP contribution in [0.15, 0.2) is 48.6 Å². The lowest BCUT2D eigenvalue weighted by Crippen LogP contribution is -2.45. The molecule has 0 aromatic heterocycles.